The predicted molar refractivity (Wildman–Crippen MR) is 113 cm³/mol. The average Bonchev–Trinajstić information content (AvgIpc) is 3.26. The van der Waals surface area contributed by atoms with E-state index < -0.39 is 0 Å². The highest BCUT2D eigenvalue weighted by Crippen LogP contribution is 2.43. The summed E-state index contributed by atoms with van der Waals surface area (Å²) in [6.07, 6.45) is 1.69. The van der Waals surface area contributed by atoms with Crippen LogP contribution in [0.2, 0.25) is 0 Å². The van der Waals surface area contributed by atoms with E-state index in [1.54, 1.807) is 11.3 Å². The minimum atomic E-state index is -0.000435. The van der Waals surface area contributed by atoms with Crippen LogP contribution in [0.15, 0.2) is 52.1 Å². The van der Waals surface area contributed by atoms with Crippen LogP contribution in [0.4, 0.5) is 0 Å². The molecule has 6 heteroatoms. The molecule has 0 saturated carbocycles. The van der Waals surface area contributed by atoms with E-state index in [-0.39, 0.29) is 11.5 Å². The number of hydrogen-bond donors (Lipinski definition) is 2. The minimum Gasteiger partial charge on any atom is -0.512 e. The maximum absolute atomic E-state index is 12.8. The number of aromatic nitrogens is 2. The first kappa shape index (κ1) is 16.7. The van der Waals surface area contributed by atoms with E-state index >= 15 is 0 Å². The number of Topliss-reactive ketones (excluding diaryl/α,β-unsaturated/α-hetero) is 1. The van der Waals surface area contributed by atoms with Crippen molar-refractivity contribution in [2.24, 2.45) is 0 Å². The number of thiazole rings is 1. The number of halogens is 1. The second-order valence-corrected chi connectivity index (χ2v) is 8.44. The smallest absolute Gasteiger partial charge is 0.166 e. The van der Waals surface area contributed by atoms with E-state index in [4.69, 9.17) is 0 Å². The first-order valence-electron chi connectivity index (χ1n) is 8.73. The van der Waals surface area contributed by atoms with Crippen molar-refractivity contribution in [3.63, 3.8) is 0 Å². The summed E-state index contributed by atoms with van der Waals surface area (Å²) in [4.78, 5) is 20.7. The molecule has 27 heavy (non-hydrogen) atoms. The molecule has 0 bridgehead atoms. The number of aliphatic hydroxyl groups excluding tert-OH is 1. The van der Waals surface area contributed by atoms with Crippen molar-refractivity contribution in [3.05, 3.63) is 57.7 Å². The van der Waals surface area contributed by atoms with Crippen LogP contribution >= 0.6 is 27.3 Å². The number of carbonyl (C=O) groups is 1. The Hall–Kier alpha value is -2.44. The first-order valence-corrected chi connectivity index (χ1v) is 10.4. The van der Waals surface area contributed by atoms with Crippen molar-refractivity contribution >= 4 is 59.7 Å². The standard InChI is InChI=1S/C21H15BrN2O2S/c22-12-6-4-11(5-7-12)20-19(18-15(25)2-1-3-16(18)26)17-13(24-20)8-9-14-21(17)27-10-23-14/h4-10,24-25H,1-3H2. The molecule has 0 fully saturated rings. The molecule has 0 spiro atoms. The van der Waals surface area contributed by atoms with Crippen LogP contribution in [-0.4, -0.2) is 20.9 Å². The lowest BCUT2D eigenvalue weighted by atomic mass is 9.88. The summed E-state index contributed by atoms with van der Waals surface area (Å²) in [6, 6.07) is 11.9. The lowest BCUT2D eigenvalue weighted by Gasteiger charge is -2.16. The second-order valence-electron chi connectivity index (χ2n) is 6.67. The molecule has 1 aliphatic rings. The molecule has 5 rings (SSSR count). The Balaban J connectivity index is 1.92. The Bertz CT molecular complexity index is 1230. The maximum atomic E-state index is 12.8. The Kier molecular flexibility index (Phi) is 3.91. The molecule has 2 aromatic heterocycles. The number of aliphatic hydroxyl groups is 1. The van der Waals surface area contributed by atoms with E-state index in [9.17, 15) is 9.90 Å². The van der Waals surface area contributed by atoms with Gasteiger partial charge >= 0.3 is 0 Å². The molecule has 134 valence electrons. The van der Waals surface area contributed by atoms with E-state index in [2.05, 4.69) is 25.9 Å². The van der Waals surface area contributed by atoms with Crippen molar-refractivity contribution in [3.8, 4) is 11.3 Å². The molecule has 0 saturated heterocycles. The number of allylic oxidation sites excluding steroid dienone is 2. The van der Waals surface area contributed by atoms with Gasteiger partial charge in [0.25, 0.3) is 0 Å². The summed E-state index contributed by atoms with van der Waals surface area (Å²) in [7, 11) is 0. The Morgan fingerprint density at radius 3 is 2.70 bits per heavy atom. The summed E-state index contributed by atoms with van der Waals surface area (Å²) in [5, 5.41) is 11.6. The van der Waals surface area contributed by atoms with Crippen molar-refractivity contribution in [2.75, 3.05) is 0 Å². The number of fused-ring (bicyclic) bond motifs is 3. The zero-order valence-electron chi connectivity index (χ0n) is 14.3. The van der Waals surface area contributed by atoms with E-state index in [1.165, 1.54) is 0 Å². The predicted octanol–water partition coefficient (Wildman–Crippen LogP) is 6.23. The third-order valence-electron chi connectivity index (χ3n) is 5.03. The zero-order chi connectivity index (χ0) is 18.5. The molecule has 2 aromatic carbocycles. The van der Waals surface area contributed by atoms with E-state index in [0.29, 0.717) is 24.8 Å². The molecule has 0 amide bonds. The molecule has 1 aliphatic carbocycles. The quantitative estimate of drug-likeness (QED) is 0.389. The van der Waals surface area contributed by atoms with Crippen LogP contribution in [0, 0.1) is 0 Å². The highest BCUT2D eigenvalue weighted by atomic mass is 79.9. The van der Waals surface area contributed by atoms with Gasteiger partial charge in [-0.2, -0.15) is 0 Å². The topological polar surface area (TPSA) is 66.0 Å². The fourth-order valence-electron chi connectivity index (χ4n) is 3.80. The minimum absolute atomic E-state index is 0.000435. The molecule has 4 aromatic rings. The molecule has 0 aliphatic heterocycles. The Morgan fingerprint density at radius 2 is 1.93 bits per heavy atom. The van der Waals surface area contributed by atoms with Crippen LogP contribution in [-0.2, 0) is 4.79 Å². The van der Waals surface area contributed by atoms with Gasteiger partial charge in [-0.1, -0.05) is 28.1 Å². The van der Waals surface area contributed by atoms with Gasteiger partial charge < -0.3 is 10.1 Å². The summed E-state index contributed by atoms with van der Waals surface area (Å²) in [5.41, 5.74) is 6.74. The highest BCUT2D eigenvalue weighted by molar-refractivity contribution is 9.10. The van der Waals surface area contributed by atoms with Crippen LogP contribution in [0.25, 0.3) is 38.0 Å². The second kappa shape index (κ2) is 6.32. The Labute approximate surface area is 167 Å². The van der Waals surface area contributed by atoms with Gasteiger partial charge in [0.1, 0.15) is 5.76 Å². The van der Waals surface area contributed by atoms with Crippen molar-refractivity contribution < 1.29 is 9.90 Å². The number of rotatable bonds is 2. The van der Waals surface area contributed by atoms with Crippen LogP contribution in [0.5, 0.6) is 0 Å². The fourth-order valence-corrected chi connectivity index (χ4v) is 4.90. The van der Waals surface area contributed by atoms with Gasteiger partial charge in [-0.3, -0.25) is 4.79 Å². The lowest BCUT2D eigenvalue weighted by Crippen LogP contribution is -2.11. The van der Waals surface area contributed by atoms with Gasteiger partial charge in [0.2, 0.25) is 0 Å². The monoisotopic (exact) mass is 438 g/mol. The maximum Gasteiger partial charge on any atom is 0.166 e. The number of ketones is 1. The normalized spacial score (nSPS) is 15.2. The zero-order valence-corrected chi connectivity index (χ0v) is 16.7. The SMILES string of the molecule is O=C1CCCC(O)=C1c1c(-c2ccc(Br)cc2)[nH]c2ccc3ncsc3c12. The summed E-state index contributed by atoms with van der Waals surface area (Å²) < 4.78 is 2.02. The highest BCUT2D eigenvalue weighted by Gasteiger charge is 2.28. The fraction of sp³-hybridized carbons (Fsp3) is 0.143. The summed E-state index contributed by atoms with van der Waals surface area (Å²) in [6.45, 7) is 0. The summed E-state index contributed by atoms with van der Waals surface area (Å²) in [5.74, 6) is 0.187. The van der Waals surface area contributed by atoms with Crippen molar-refractivity contribution in [2.45, 2.75) is 19.3 Å². The van der Waals surface area contributed by atoms with Gasteiger partial charge in [-0.15, -0.1) is 11.3 Å². The number of H-pyrrole nitrogens is 1. The molecule has 2 heterocycles. The van der Waals surface area contributed by atoms with Crippen molar-refractivity contribution in [1.82, 2.24) is 9.97 Å². The van der Waals surface area contributed by atoms with E-state index in [1.807, 2.05) is 41.9 Å². The van der Waals surface area contributed by atoms with Crippen LogP contribution in [0.1, 0.15) is 24.8 Å². The third-order valence-corrected chi connectivity index (χ3v) is 6.42. The number of aromatic amines is 1. The largest absolute Gasteiger partial charge is 0.512 e. The Morgan fingerprint density at radius 1 is 1.11 bits per heavy atom. The number of benzene rings is 2. The third kappa shape index (κ3) is 2.63. The van der Waals surface area contributed by atoms with Gasteiger partial charge in [0, 0.05) is 33.8 Å². The molecule has 0 atom stereocenters. The van der Waals surface area contributed by atoms with Crippen LogP contribution < -0.4 is 0 Å². The molecule has 0 unspecified atom stereocenters. The molecule has 4 nitrogen and oxygen atoms in total. The van der Waals surface area contributed by atoms with Gasteiger partial charge in [-0.25, -0.2) is 4.98 Å². The lowest BCUT2D eigenvalue weighted by molar-refractivity contribution is -0.114. The number of hydrogen-bond acceptors (Lipinski definition) is 4. The average molecular weight is 439 g/mol. The first-order chi connectivity index (χ1) is 13.1. The molecular weight excluding hydrogens is 424 g/mol. The summed E-state index contributed by atoms with van der Waals surface area (Å²) >= 11 is 5.03. The molecule has 0 radical (unpaired) electrons. The van der Waals surface area contributed by atoms with Gasteiger partial charge in [0.15, 0.2) is 5.78 Å². The van der Waals surface area contributed by atoms with Crippen LogP contribution in [0.3, 0.4) is 0 Å². The number of nitrogens with zero attached hydrogens (tertiary/aromatic N) is 1. The molecule has 2 N–H and O–H groups in total. The van der Waals surface area contributed by atoms with E-state index in [0.717, 1.165) is 42.4 Å². The van der Waals surface area contributed by atoms with Gasteiger partial charge in [-0.05, 0) is 36.2 Å². The molecular formula is C21H15BrN2O2S. The number of nitrogens with one attached hydrogen (secondary N) is 1. The number of carbonyl (C=O) groups excluding carboxylic acids is 1. The van der Waals surface area contributed by atoms with Crippen molar-refractivity contribution in [1.29, 1.82) is 0 Å². The van der Waals surface area contributed by atoms with Gasteiger partial charge in [0.05, 0.1) is 27.0 Å².